The van der Waals surface area contributed by atoms with E-state index in [1.165, 1.54) is 5.56 Å². The smallest absolute Gasteiger partial charge is 0.235 e. The third-order valence-corrected chi connectivity index (χ3v) is 5.47. The first-order chi connectivity index (χ1) is 11.0. The molecule has 0 heterocycles. The first-order valence-corrected chi connectivity index (χ1v) is 8.59. The Hall–Kier alpha value is -1.57. The standard InChI is InChI=1S/C18H22ClN3O/c1-17(12-20,13-3-4-13)22-16(23)11-21-18(9-2-10-18)14-5-7-15(19)8-6-14/h5-8,13,21H,2-4,9-11H2,1H3,(H,22,23). The molecule has 0 spiro atoms. The van der Waals surface area contributed by atoms with Gasteiger partial charge in [-0.2, -0.15) is 5.26 Å². The molecule has 23 heavy (non-hydrogen) atoms. The summed E-state index contributed by atoms with van der Waals surface area (Å²) in [5.41, 5.74) is 0.308. The quantitative estimate of drug-likeness (QED) is 0.841. The summed E-state index contributed by atoms with van der Waals surface area (Å²) in [6, 6.07) is 10.1. The van der Waals surface area contributed by atoms with Crippen molar-refractivity contribution in [2.45, 2.75) is 50.1 Å². The molecule has 2 fully saturated rings. The number of benzene rings is 1. The van der Waals surface area contributed by atoms with Gasteiger partial charge in [0.25, 0.3) is 0 Å². The number of carbonyl (C=O) groups is 1. The zero-order valence-corrected chi connectivity index (χ0v) is 14.1. The maximum atomic E-state index is 12.3. The molecule has 0 bridgehead atoms. The van der Waals surface area contributed by atoms with Gasteiger partial charge < -0.3 is 5.32 Å². The van der Waals surface area contributed by atoms with Crippen LogP contribution in [0.15, 0.2) is 24.3 Å². The Balaban J connectivity index is 1.61. The molecule has 5 heteroatoms. The summed E-state index contributed by atoms with van der Waals surface area (Å²) in [5, 5.41) is 16.4. The zero-order valence-electron chi connectivity index (χ0n) is 13.4. The van der Waals surface area contributed by atoms with Gasteiger partial charge >= 0.3 is 0 Å². The minimum atomic E-state index is -0.730. The fourth-order valence-electron chi connectivity index (χ4n) is 3.33. The number of rotatable bonds is 6. The van der Waals surface area contributed by atoms with E-state index in [1.54, 1.807) is 0 Å². The van der Waals surface area contributed by atoms with E-state index in [-0.39, 0.29) is 18.0 Å². The first kappa shape index (κ1) is 16.3. The normalized spacial score (nSPS) is 21.6. The SMILES string of the molecule is CC(C#N)(NC(=O)CNC1(c2ccc(Cl)cc2)CCC1)C1CC1. The van der Waals surface area contributed by atoms with E-state index in [0.717, 1.165) is 37.1 Å². The molecule has 122 valence electrons. The summed E-state index contributed by atoms with van der Waals surface area (Å²) in [6.45, 7) is 2.05. The minimum absolute atomic E-state index is 0.110. The molecule has 0 radical (unpaired) electrons. The van der Waals surface area contributed by atoms with E-state index in [4.69, 9.17) is 11.6 Å². The second kappa shape index (κ2) is 6.14. The van der Waals surface area contributed by atoms with Crippen LogP contribution in [-0.2, 0) is 10.3 Å². The molecule has 2 N–H and O–H groups in total. The van der Waals surface area contributed by atoms with Crippen LogP contribution < -0.4 is 10.6 Å². The van der Waals surface area contributed by atoms with Crippen LogP contribution in [0.4, 0.5) is 0 Å². The maximum Gasteiger partial charge on any atom is 0.235 e. The Morgan fingerprint density at radius 2 is 2.04 bits per heavy atom. The van der Waals surface area contributed by atoms with E-state index in [0.29, 0.717) is 5.92 Å². The molecule has 1 unspecified atom stereocenters. The molecule has 0 saturated heterocycles. The molecule has 3 rings (SSSR count). The molecular formula is C18H22ClN3O. The van der Waals surface area contributed by atoms with Gasteiger partial charge in [0, 0.05) is 10.6 Å². The Bertz CT molecular complexity index is 629. The van der Waals surface area contributed by atoms with Gasteiger partial charge in [-0.1, -0.05) is 23.7 Å². The Morgan fingerprint density at radius 3 is 2.52 bits per heavy atom. The monoisotopic (exact) mass is 331 g/mol. The second-order valence-corrected chi connectivity index (χ2v) is 7.37. The fourth-order valence-corrected chi connectivity index (χ4v) is 3.46. The average molecular weight is 332 g/mol. The number of carbonyl (C=O) groups excluding carboxylic acids is 1. The third-order valence-electron chi connectivity index (χ3n) is 5.22. The molecule has 2 saturated carbocycles. The summed E-state index contributed by atoms with van der Waals surface area (Å²) in [7, 11) is 0. The van der Waals surface area contributed by atoms with Crippen molar-refractivity contribution in [1.29, 1.82) is 5.26 Å². The summed E-state index contributed by atoms with van der Waals surface area (Å²) in [4.78, 5) is 12.3. The lowest BCUT2D eigenvalue weighted by Crippen LogP contribution is -2.54. The lowest BCUT2D eigenvalue weighted by Gasteiger charge is -2.43. The van der Waals surface area contributed by atoms with Crippen LogP contribution >= 0.6 is 11.6 Å². The summed E-state index contributed by atoms with van der Waals surface area (Å²) in [6.07, 6.45) is 5.22. The molecule has 2 aliphatic rings. The van der Waals surface area contributed by atoms with Crippen LogP contribution in [0.2, 0.25) is 5.02 Å². The molecule has 1 aromatic carbocycles. The number of nitrogens with zero attached hydrogens (tertiary/aromatic N) is 1. The van der Waals surface area contributed by atoms with Gasteiger partial charge in [-0.05, 0) is 62.6 Å². The van der Waals surface area contributed by atoms with E-state index in [9.17, 15) is 10.1 Å². The van der Waals surface area contributed by atoms with Crippen molar-refractivity contribution in [2.24, 2.45) is 5.92 Å². The minimum Gasteiger partial charge on any atom is -0.337 e. The topological polar surface area (TPSA) is 64.9 Å². The average Bonchev–Trinajstić information content (AvgIpc) is 3.33. The highest BCUT2D eigenvalue weighted by Gasteiger charge is 2.43. The zero-order chi connectivity index (χ0) is 16.5. The van der Waals surface area contributed by atoms with Crippen molar-refractivity contribution in [2.75, 3.05) is 6.54 Å². The van der Waals surface area contributed by atoms with Crippen molar-refractivity contribution in [3.8, 4) is 6.07 Å². The van der Waals surface area contributed by atoms with Crippen LogP contribution in [0.3, 0.4) is 0 Å². The van der Waals surface area contributed by atoms with Crippen LogP contribution in [-0.4, -0.2) is 18.0 Å². The highest BCUT2D eigenvalue weighted by atomic mass is 35.5. The molecule has 1 atom stereocenters. The maximum absolute atomic E-state index is 12.3. The predicted molar refractivity (Wildman–Crippen MR) is 89.9 cm³/mol. The molecule has 1 amide bonds. The highest BCUT2D eigenvalue weighted by molar-refractivity contribution is 6.30. The summed E-state index contributed by atoms with van der Waals surface area (Å²) < 4.78 is 0. The number of amides is 1. The van der Waals surface area contributed by atoms with Crippen molar-refractivity contribution in [3.63, 3.8) is 0 Å². The van der Waals surface area contributed by atoms with Gasteiger partial charge in [0.15, 0.2) is 0 Å². The highest BCUT2D eigenvalue weighted by Crippen LogP contribution is 2.41. The van der Waals surface area contributed by atoms with Gasteiger partial charge in [0.2, 0.25) is 5.91 Å². The predicted octanol–water partition coefficient (Wildman–Crippen LogP) is 3.12. The second-order valence-electron chi connectivity index (χ2n) is 6.93. The summed E-state index contributed by atoms with van der Waals surface area (Å²) >= 11 is 5.96. The molecule has 4 nitrogen and oxygen atoms in total. The number of hydrogen-bond donors (Lipinski definition) is 2. The van der Waals surface area contributed by atoms with Crippen molar-refractivity contribution < 1.29 is 4.79 Å². The molecule has 1 aromatic rings. The Labute approximate surface area is 142 Å². The van der Waals surface area contributed by atoms with Gasteiger partial charge in [-0.15, -0.1) is 0 Å². The summed E-state index contributed by atoms with van der Waals surface area (Å²) in [5.74, 6) is 0.187. The van der Waals surface area contributed by atoms with Crippen molar-refractivity contribution in [3.05, 3.63) is 34.9 Å². The first-order valence-electron chi connectivity index (χ1n) is 8.21. The van der Waals surface area contributed by atoms with Gasteiger partial charge in [-0.3, -0.25) is 10.1 Å². The van der Waals surface area contributed by atoms with Crippen LogP contribution in [0.25, 0.3) is 0 Å². The Kier molecular flexibility index (Phi) is 4.35. The van der Waals surface area contributed by atoms with E-state index in [1.807, 2.05) is 31.2 Å². The fraction of sp³-hybridized carbons (Fsp3) is 0.556. The van der Waals surface area contributed by atoms with Gasteiger partial charge in [0.1, 0.15) is 5.54 Å². The van der Waals surface area contributed by atoms with E-state index < -0.39 is 5.54 Å². The molecule has 2 aliphatic carbocycles. The van der Waals surface area contributed by atoms with Gasteiger partial charge in [0.05, 0.1) is 12.6 Å². The lowest BCUT2D eigenvalue weighted by atomic mass is 9.72. The number of hydrogen-bond acceptors (Lipinski definition) is 3. The van der Waals surface area contributed by atoms with E-state index in [2.05, 4.69) is 16.7 Å². The largest absolute Gasteiger partial charge is 0.337 e. The third kappa shape index (κ3) is 3.36. The van der Waals surface area contributed by atoms with Gasteiger partial charge in [-0.25, -0.2) is 0 Å². The van der Waals surface area contributed by atoms with E-state index >= 15 is 0 Å². The molecule has 0 aliphatic heterocycles. The lowest BCUT2D eigenvalue weighted by molar-refractivity contribution is -0.122. The molecular weight excluding hydrogens is 310 g/mol. The van der Waals surface area contributed by atoms with Crippen molar-refractivity contribution >= 4 is 17.5 Å². The van der Waals surface area contributed by atoms with Crippen LogP contribution in [0.1, 0.15) is 44.6 Å². The molecule has 0 aromatic heterocycles. The number of nitrogens with one attached hydrogen (secondary N) is 2. The Morgan fingerprint density at radius 1 is 1.39 bits per heavy atom. The van der Waals surface area contributed by atoms with Crippen LogP contribution in [0.5, 0.6) is 0 Å². The number of nitriles is 1. The van der Waals surface area contributed by atoms with Crippen LogP contribution in [0, 0.1) is 17.2 Å². The number of halogens is 1. The van der Waals surface area contributed by atoms with Crippen molar-refractivity contribution in [1.82, 2.24) is 10.6 Å².